The number of hydrogen-bond donors (Lipinski definition) is 2. The summed E-state index contributed by atoms with van der Waals surface area (Å²) in [6, 6.07) is 10.7. The SMILES string of the molecule is C=CC(=O)NC1CCN(S(=O)(=O)c2csc3c(OC)cccc23)CC1.C=CC(=O)NCC(=O)N1CCN(S(=O)(=O)c2csc3c(OC)cccc23)CC1.[HH].[HH]. The van der Waals surface area contributed by atoms with Gasteiger partial charge in [-0.2, -0.15) is 8.61 Å². The molecule has 2 aromatic carbocycles. The maximum Gasteiger partial charge on any atom is 0.244 e. The Morgan fingerprint density at radius 1 is 0.774 bits per heavy atom. The predicted molar refractivity (Wildman–Crippen MR) is 210 cm³/mol. The van der Waals surface area contributed by atoms with E-state index in [9.17, 15) is 31.2 Å². The molecule has 53 heavy (non-hydrogen) atoms. The van der Waals surface area contributed by atoms with Gasteiger partial charge < -0.3 is 25.0 Å². The van der Waals surface area contributed by atoms with Crippen LogP contribution < -0.4 is 20.1 Å². The van der Waals surface area contributed by atoms with Gasteiger partial charge in [-0.15, -0.1) is 22.7 Å². The standard InChI is InChI=1S/C18H21N3O5S2.C17H20N2O4S2.2H2/c1-3-16(22)19-11-17(23)20-7-9-21(10-8-20)28(24,25)15-12-27-18-13(15)5-4-6-14(18)26-2;1-3-16(20)18-12-7-9-19(10-8-12)25(21,22)15-11-24-17-13(15)5-4-6-14(17)23-2;;/h3-6,12H,1,7-11H2,2H3,(H,19,22);3-6,11-12H,1,7-10H2,2H3,(H,18,20);2*1H. The lowest BCUT2D eigenvalue weighted by Crippen LogP contribution is -2.52. The molecule has 0 bridgehead atoms. The van der Waals surface area contributed by atoms with Crippen molar-refractivity contribution in [1.29, 1.82) is 0 Å². The second kappa shape index (κ2) is 17.2. The van der Waals surface area contributed by atoms with E-state index in [1.165, 1.54) is 37.4 Å². The van der Waals surface area contributed by atoms with Crippen LogP contribution in [0.4, 0.5) is 0 Å². The number of methoxy groups -OCH3 is 2. The molecule has 0 aliphatic carbocycles. The number of amides is 3. The maximum absolute atomic E-state index is 13.1. The average molecular weight is 808 g/mol. The normalized spacial score (nSPS) is 16.0. The quantitative estimate of drug-likeness (QED) is 0.213. The summed E-state index contributed by atoms with van der Waals surface area (Å²) in [5, 5.41) is 9.89. The van der Waals surface area contributed by atoms with Crippen LogP contribution in [0.5, 0.6) is 11.5 Å². The summed E-state index contributed by atoms with van der Waals surface area (Å²) >= 11 is 2.70. The highest BCUT2D eigenvalue weighted by atomic mass is 32.2. The molecule has 2 aromatic heterocycles. The molecule has 2 fully saturated rings. The largest absolute Gasteiger partial charge is 0.495 e. The summed E-state index contributed by atoms with van der Waals surface area (Å²) in [4.78, 5) is 36.8. The molecule has 3 amide bonds. The molecule has 2 aliphatic rings. The molecule has 18 heteroatoms. The third-order valence-corrected chi connectivity index (χ3v) is 15.1. The van der Waals surface area contributed by atoms with Crippen LogP contribution in [0.15, 0.2) is 82.3 Å². The number of hydrogen-bond acceptors (Lipinski definition) is 11. The Kier molecular flexibility index (Phi) is 12.9. The van der Waals surface area contributed by atoms with E-state index in [0.29, 0.717) is 53.1 Å². The van der Waals surface area contributed by atoms with Gasteiger partial charge in [-0.05, 0) is 37.1 Å². The smallest absolute Gasteiger partial charge is 0.244 e. The van der Waals surface area contributed by atoms with Gasteiger partial charge in [-0.25, -0.2) is 16.8 Å². The number of carbonyl (C=O) groups is 3. The Hall–Kier alpha value is -4.33. The number of nitrogens with one attached hydrogen (secondary N) is 2. The lowest BCUT2D eigenvalue weighted by Gasteiger charge is -2.34. The number of carbonyl (C=O) groups excluding carboxylic acids is 3. The second-order valence-electron chi connectivity index (χ2n) is 12.0. The van der Waals surface area contributed by atoms with Gasteiger partial charge in [-0.1, -0.05) is 37.4 Å². The fourth-order valence-corrected chi connectivity index (χ4v) is 12.1. The number of sulfonamides is 2. The Bertz CT molecular complexity index is 2230. The highest BCUT2D eigenvalue weighted by Crippen LogP contribution is 2.38. The van der Waals surface area contributed by atoms with E-state index in [-0.39, 0.29) is 58.3 Å². The highest BCUT2D eigenvalue weighted by molar-refractivity contribution is 7.89. The number of piperazine rings is 1. The zero-order valence-electron chi connectivity index (χ0n) is 29.3. The van der Waals surface area contributed by atoms with Crippen molar-refractivity contribution in [3.8, 4) is 11.5 Å². The van der Waals surface area contributed by atoms with Crippen molar-refractivity contribution >= 4 is 80.6 Å². The van der Waals surface area contributed by atoms with E-state index in [1.54, 1.807) is 60.2 Å². The van der Waals surface area contributed by atoms with Gasteiger partial charge in [0.25, 0.3) is 0 Å². The van der Waals surface area contributed by atoms with Crippen molar-refractivity contribution in [2.24, 2.45) is 0 Å². The molecule has 2 N–H and O–H groups in total. The second-order valence-corrected chi connectivity index (χ2v) is 17.5. The number of nitrogens with zero attached hydrogens (tertiary/aromatic N) is 3. The van der Waals surface area contributed by atoms with Gasteiger partial charge in [-0.3, -0.25) is 14.4 Å². The van der Waals surface area contributed by atoms with Gasteiger partial charge in [0.1, 0.15) is 21.3 Å². The van der Waals surface area contributed by atoms with Crippen molar-refractivity contribution in [3.05, 3.63) is 72.5 Å². The predicted octanol–water partition coefficient (Wildman–Crippen LogP) is 3.90. The van der Waals surface area contributed by atoms with Crippen molar-refractivity contribution in [1.82, 2.24) is 24.1 Å². The van der Waals surface area contributed by atoms with E-state index >= 15 is 0 Å². The van der Waals surface area contributed by atoms with Crippen molar-refractivity contribution in [2.75, 3.05) is 60.0 Å². The average Bonchev–Trinajstić information content (AvgIpc) is 3.83. The molecule has 0 atom stereocenters. The van der Waals surface area contributed by atoms with E-state index in [4.69, 9.17) is 9.47 Å². The summed E-state index contributed by atoms with van der Waals surface area (Å²) in [7, 11) is -4.13. The minimum Gasteiger partial charge on any atom is -0.495 e. The lowest BCUT2D eigenvalue weighted by molar-refractivity contribution is -0.133. The summed E-state index contributed by atoms with van der Waals surface area (Å²) < 4.78 is 67.4. The molecule has 4 aromatic rings. The summed E-state index contributed by atoms with van der Waals surface area (Å²) in [6.45, 7) is 8.33. The maximum atomic E-state index is 13.1. The summed E-state index contributed by atoms with van der Waals surface area (Å²) in [6.07, 6.45) is 3.50. The van der Waals surface area contributed by atoms with Crippen LogP contribution in [0.25, 0.3) is 20.2 Å². The minimum atomic E-state index is -3.68. The summed E-state index contributed by atoms with van der Waals surface area (Å²) in [5.74, 6) is 0.417. The van der Waals surface area contributed by atoms with Crippen molar-refractivity contribution in [2.45, 2.75) is 28.7 Å². The molecular formula is C35H45N5O9S4. The Labute approximate surface area is 319 Å². The number of fused-ring (bicyclic) bond motifs is 2. The monoisotopic (exact) mass is 807 g/mol. The zero-order valence-corrected chi connectivity index (χ0v) is 32.5. The molecule has 14 nitrogen and oxygen atoms in total. The number of thiophene rings is 2. The van der Waals surface area contributed by atoms with E-state index in [1.807, 2.05) is 6.07 Å². The van der Waals surface area contributed by atoms with E-state index < -0.39 is 26.0 Å². The van der Waals surface area contributed by atoms with Crippen LogP contribution in [-0.4, -0.2) is 114 Å². The Balaban J connectivity index is 0.000000287. The first-order valence-corrected chi connectivity index (χ1v) is 21.2. The number of benzene rings is 2. The number of rotatable bonds is 11. The van der Waals surface area contributed by atoms with Crippen molar-refractivity contribution in [3.63, 3.8) is 0 Å². The molecule has 6 rings (SSSR count). The van der Waals surface area contributed by atoms with E-state index in [2.05, 4.69) is 23.8 Å². The number of piperidine rings is 1. The number of ether oxygens (including phenoxy) is 2. The Morgan fingerprint density at radius 3 is 1.70 bits per heavy atom. The van der Waals surface area contributed by atoms with Crippen LogP contribution in [0, 0.1) is 0 Å². The van der Waals surface area contributed by atoms with Gasteiger partial charge in [0.05, 0.1) is 30.2 Å². The first kappa shape index (κ1) is 39.9. The Morgan fingerprint density at radius 2 is 1.25 bits per heavy atom. The molecule has 0 unspecified atom stereocenters. The van der Waals surface area contributed by atoms with Gasteiger partial charge in [0.2, 0.25) is 37.8 Å². The van der Waals surface area contributed by atoms with Gasteiger partial charge >= 0.3 is 0 Å². The molecule has 0 saturated carbocycles. The zero-order chi connectivity index (χ0) is 38.3. The minimum absolute atomic E-state index is 0. The van der Waals surface area contributed by atoms with Crippen LogP contribution >= 0.6 is 22.7 Å². The van der Waals surface area contributed by atoms with Crippen LogP contribution in [0.1, 0.15) is 15.7 Å². The first-order valence-electron chi connectivity index (χ1n) is 16.5. The first-order chi connectivity index (χ1) is 25.3. The van der Waals surface area contributed by atoms with E-state index in [0.717, 1.165) is 15.5 Å². The third-order valence-electron chi connectivity index (χ3n) is 8.91. The molecule has 0 radical (unpaired) electrons. The molecular weight excluding hydrogens is 763 g/mol. The molecule has 4 heterocycles. The van der Waals surface area contributed by atoms with Crippen molar-refractivity contribution < 1.29 is 43.5 Å². The van der Waals surface area contributed by atoms with Gasteiger partial charge in [0.15, 0.2) is 0 Å². The topological polar surface area (TPSA) is 172 Å². The fraction of sp³-hybridized carbons (Fsp3) is 0.343. The third kappa shape index (κ3) is 8.74. The molecule has 2 saturated heterocycles. The van der Waals surface area contributed by atoms with Crippen LogP contribution in [-0.2, 0) is 34.4 Å². The lowest BCUT2D eigenvalue weighted by atomic mass is 10.1. The molecule has 288 valence electrons. The summed E-state index contributed by atoms with van der Waals surface area (Å²) in [5.41, 5.74) is 0. The van der Waals surface area contributed by atoms with Crippen LogP contribution in [0.3, 0.4) is 0 Å². The molecule has 2 aliphatic heterocycles. The van der Waals surface area contributed by atoms with Crippen LogP contribution in [0.2, 0.25) is 0 Å². The molecule has 0 spiro atoms. The van der Waals surface area contributed by atoms with Gasteiger partial charge in [0, 0.05) is 69.7 Å². The fourth-order valence-electron chi connectivity index (χ4n) is 6.04. The highest BCUT2D eigenvalue weighted by Gasteiger charge is 2.33.